The smallest absolute Gasteiger partial charge is 0.294 e. The summed E-state index contributed by atoms with van der Waals surface area (Å²) >= 11 is 1.49. The molecular weight excluding hydrogens is 414 g/mol. The summed E-state index contributed by atoms with van der Waals surface area (Å²) in [4.78, 5) is 23.1. The molecule has 0 fully saturated rings. The van der Waals surface area contributed by atoms with E-state index in [1.807, 2.05) is 16.8 Å². The molecule has 3 N–H and O–H groups in total. The van der Waals surface area contributed by atoms with Crippen molar-refractivity contribution in [2.24, 2.45) is 5.10 Å². The number of amides is 1. The van der Waals surface area contributed by atoms with Gasteiger partial charge in [-0.05, 0) is 39.3 Å². The van der Waals surface area contributed by atoms with Crippen molar-refractivity contribution in [1.82, 2.24) is 30.7 Å². The summed E-state index contributed by atoms with van der Waals surface area (Å²) in [5.74, 6) is -0.724. The summed E-state index contributed by atoms with van der Waals surface area (Å²) in [5.41, 5.74) is 9.28. The van der Waals surface area contributed by atoms with Crippen molar-refractivity contribution < 1.29 is 14.3 Å². The Kier molecular flexibility index (Phi) is 4.96. The topological polar surface area (TPSA) is 180 Å². The lowest BCUT2D eigenvalue weighted by Crippen LogP contribution is -2.19. The Bertz CT molecular complexity index is 1230. The average molecular weight is 425 g/mol. The maximum Gasteiger partial charge on any atom is 0.294 e. The number of hydrogen-bond acceptors (Lipinski definition) is 11. The minimum atomic E-state index is -0.656. The van der Waals surface area contributed by atoms with Crippen molar-refractivity contribution in [3.8, 4) is 17.1 Å². The summed E-state index contributed by atoms with van der Waals surface area (Å²) in [7, 11) is 0. The third-order valence-corrected chi connectivity index (χ3v) is 4.56. The van der Waals surface area contributed by atoms with Crippen molar-refractivity contribution >= 4 is 35.0 Å². The second-order valence-electron chi connectivity index (χ2n) is 5.73. The number of rotatable bonds is 6. The van der Waals surface area contributed by atoms with Crippen LogP contribution >= 0.6 is 11.3 Å². The van der Waals surface area contributed by atoms with E-state index in [9.17, 15) is 14.9 Å². The fourth-order valence-corrected chi connectivity index (χ4v) is 3.10. The minimum Gasteiger partial charge on any atom is -0.378 e. The van der Waals surface area contributed by atoms with Gasteiger partial charge in [-0.3, -0.25) is 14.9 Å². The molecule has 3 heterocycles. The molecule has 0 saturated carbocycles. The summed E-state index contributed by atoms with van der Waals surface area (Å²) in [5, 5.41) is 33.5. The Hall–Kier alpha value is -4.46. The first-order valence-electron chi connectivity index (χ1n) is 8.19. The monoisotopic (exact) mass is 425 g/mol. The Morgan fingerprint density at radius 2 is 2.10 bits per heavy atom. The molecule has 3 aromatic heterocycles. The number of non-ortho nitro benzene ring substituents is 1. The van der Waals surface area contributed by atoms with Crippen molar-refractivity contribution in [2.75, 3.05) is 5.73 Å². The first kappa shape index (κ1) is 18.9. The second-order valence-corrected chi connectivity index (χ2v) is 6.51. The molecule has 0 aliphatic heterocycles. The van der Waals surface area contributed by atoms with Crippen LogP contribution in [0.3, 0.4) is 0 Å². The first-order chi connectivity index (χ1) is 14.5. The fraction of sp³-hybridized carbons (Fsp3) is 0. The van der Waals surface area contributed by atoms with Crippen LogP contribution in [0.15, 0.2) is 50.8 Å². The average Bonchev–Trinajstić information content (AvgIpc) is 3.48. The zero-order valence-electron chi connectivity index (χ0n) is 14.9. The summed E-state index contributed by atoms with van der Waals surface area (Å²) < 4.78 is 5.75. The van der Waals surface area contributed by atoms with Crippen molar-refractivity contribution in [1.29, 1.82) is 0 Å². The maximum absolute atomic E-state index is 12.7. The van der Waals surface area contributed by atoms with Gasteiger partial charge in [-0.2, -0.15) is 21.1 Å². The molecule has 0 bridgehead atoms. The zero-order chi connectivity index (χ0) is 21.1. The number of carbonyl (C=O) groups is 1. The quantitative estimate of drug-likeness (QED) is 0.263. The van der Waals surface area contributed by atoms with E-state index in [4.69, 9.17) is 5.73 Å². The molecule has 0 saturated heterocycles. The van der Waals surface area contributed by atoms with Gasteiger partial charge in [-0.25, -0.2) is 10.1 Å². The highest BCUT2D eigenvalue weighted by molar-refractivity contribution is 7.08. The normalized spacial score (nSPS) is 11.1. The highest BCUT2D eigenvalue weighted by Gasteiger charge is 2.25. The van der Waals surface area contributed by atoms with Crippen molar-refractivity contribution in [2.45, 2.75) is 0 Å². The molecule has 1 amide bonds. The van der Waals surface area contributed by atoms with Gasteiger partial charge in [0.15, 0.2) is 5.69 Å². The van der Waals surface area contributed by atoms with Crippen molar-refractivity contribution in [3.63, 3.8) is 0 Å². The van der Waals surface area contributed by atoms with Gasteiger partial charge in [0.2, 0.25) is 11.6 Å². The lowest BCUT2D eigenvalue weighted by molar-refractivity contribution is -0.384. The molecule has 0 radical (unpaired) electrons. The highest BCUT2D eigenvalue weighted by Crippen LogP contribution is 2.28. The molecular formula is C16H11N9O4S. The number of nitro benzene ring substituents is 1. The number of nitrogens with one attached hydrogen (secondary N) is 1. The van der Waals surface area contributed by atoms with E-state index in [2.05, 4.69) is 35.8 Å². The lowest BCUT2D eigenvalue weighted by atomic mass is 10.1. The maximum atomic E-state index is 12.7. The predicted molar refractivity (Wildman–Crippen MR) is 105 cm³/mol. The van der Waals surface area contributed by atoms with Crippen LogP contribution in [0.5, 0.6) is 0 Å². The molecule has 0 spiro atoms. The number of benzene rings is 1. The molecule has 30 heavy (non-hydrogen) atoms. The van der Waals surface area contributed by atoms with Crippen molar-refractivity contribution in [3.05, 3.63) is 62.5 Å². The van der Waals surface area contributed by atoms with Crippen LogP contribution in [0.1, 0.15) is 16.1 Å². The van der Waals surface area contributed by atoms with Gasteiger partial charge in [0.1, 0.15) is 5.69 Å². The number of hydrazone groups is 1. The van der Waals surface area contributed by atoms with E-state index in [1.165, 1.54) is 41.8 Å². The third kappa shape index (κ3) is 3.61. The Balaban J connectivity index is 1.73. The van der Waals surface area contributed by atoms with Gasteiger partial charge >= 0.3 is 0 Å². The molecule has 14 heteroatoms. The van der Waals surface area contributed by atoms with E-state index >= 15 is 0 Å². The Labute approximate surface area is 170 Å². The fourth-order valence-electron chi connectivity index (χ4n) is 2.49. The minimum absolute atomic E-state index is 0.0108. The van der Waals surface area contributed by atoms with Crippen LogP contribution in [0.4, 0.5) is 11.5 Å². The number of nitrogens with two attached hydrogens (primary N) is 1. The van der Waals surface area contributed by atoms with E-state index in [1.54, 1.807) is 0 Å². The molecule has 150 valence electrons. The molecule has 4 rings (SSSR count). The lowest BCUT2D eigenvalue weighted by Gasteiger charge is -2.05. The van der Waals surface area contributed by atoms with E-state index in [0.717, 1.165) is 10.2 Å². The van der Waals surface area contributed by atoms with Crippen LogP contribution in [0, 0.1) is 10.1 Å². The van der Waals surface area contributed by atoms with Gasteiger partial charge in [0.25, 0.3) is 11.6 Å². The number of anilines is 1. The molecule has 0 aliphatic carbocycles. The number of nitro groups is 1. The van der Waals surface area contributed by atoms with E-state index in [0.29, 0.717) is 5.56 Å². The number of nitrogen functional groups attached to an aromatic ring is 1. The standard InChI is InChI=1S/C16H11N9O4S/c17-14-15(22-29-21-14)24-13(10-1-3-11(4-2-10)25(27)28)12(19-23-24)16(26)20-18-7-9-5-6-30-8-9/h1-8H,(H2,17,21)(H,20,26)/b18-7-. The molecule has 0 unspecified atom stereocenters. The number of hydrogen-bond donors (Lipinski definition) is 2. The predicted octanol–water partition coefficient (Wildman–Crippen LogP) is 1.63. The number of nitrogens with zero attached hydrogens (tertiary/aromatic N) is 7. The molecule has 0 atom stereocenters. The van der Waals surface area contributed by atoms with E-state index < -0.39 is 10.8 Å². The van der Waals surface area contributed by atoms with Gasteiger partial charge in [-0.15, -0.1) is 5.10 Å². The van der Waals surface area contributed by atoms with Gasteiger partial charge in [-0.1, -0.05) is 5.21 Å². The van der Waals surface area contributed by atoms with E-state index in [-0.39, 0.29) is 28.7 Å². The summed E-state index contributed by atoms with van der Waals surface area (Å²) in [6, 6.07) is 7.30. The Morgan fingerprint density at radius 3 is 2.73 bits per heavy atom. The number of carbonyl (C=O) groups excluding carboxylic acids is 1. The van der Waals surface area contributed by atoms with Crippen LogP contribution in [-0.4, -0.2) is 42.4 Å². The summed E-state index contributed by atoms with van der Waals surface area (Å²) in [6.07, 6.45) is 1.48. The van der Waals surface area contributed by atoms with Crippen LogP contribution in [0.25, 0.3) is 17.1 Å². The van der Waals surface area contributed by atoms with Crippen LogP contribution < -0.4 is 11.2 Å². The molecule has 1 aromatic carbocycles. The first-order valence-corrected chi connectivity index (χ1v) is 9.13. The van der Waals surface area contributed by atoms with Crippen LogP contribution in [0.2, 0.25) is 0 Å². The highest BCUT2D eigenvalue weighted by atomic mass is 32.1. The Morgan fingerprint density at radius 1 is 1.30 bits per heavy atom. The SMILES string of the molecule is Nc1nonc1-n1nnc(C(=O)N/N=C\c2ccsc2)c1-c1ccc([N+](=O)[O-])cc1. The zero-order valence-corrected chi connectivity index (χ0v) is 15.7. The molecule has 0 aliphatic rings. The third-order valence-electron chi connectivity index (χ3n) is 3.86. The number of aromatic nitrogens is 5. The number of thiophene rings is 1. The molecule has 13 nitrogen and oxygen atoms in total. The van der Waals surface area contributed by atoms with Gasteiger partial charge in [0.05, 0.1) is 11.1 Å². The summed E-state index contributed by atoms with van der Waals surface area (Å²) in [6.45, 7) is 0. The van der Waals surface area contributed by atoms with Gasteiger partial charge in [0, 0.05) is 23.3 Å². The largest absolute Gasteiger partial charge is 0.378 e. The molecule has 4 aromatic rings. The second kappa shape index (κ2) is 7.88. The van der Waals surface area contributed by atoms with Gasteiger partial charge < -0.3 is 5.73 Å². The van der Waals surface area contributed by atoms with Crippen LogP contribution in [-0.2, 0) is 0 Å².